The summed E-state index contributed by atoms with van der Waals surface area (Å²) in [5.74, 6) is -1.80. The number of hydrogen-bond acceptors (Lipinski definition) is 6. The number of nitrogens with one attached hydrogen (secondary N) is 1. The molecule has 0 saturated carbocycles. The average molecular weight is 495 g/mol. The molecule has 8 nitrogen and oxygen atoms in total. The van der Waals surface area contributed by atoms with Gasteiger partial charge in [-0.1, -0.05) is 15.9 Å². The van der Waals surface area contributed by atoms with Crippen LogP contribution in [0.2, 0.25) is 0 Å². The minimum atomic E-state index is -3.63. The van der Waals surface area contributed by atoms with Crippen LogP contribution in [-0.2, 0) is 15.6 Å². The molecule has 0 saturated heterocycles. The maximum absolute atomic E-state index is 14.6. The highest BCUT2D eigenvalue weighted by Crippen LogP contribution is 2.34. The van der Waals surface area contributed by atoms with E-state index in [-0.39, 0.29) is 17.1 Å². The zero-order valence-electron chi connectivity index (χ0n) is 15.9. The van der Waals surface area contributed by atoms with Crippen LogP contribution in [0.4, 0.5) is 10.1 Å². The lowest BCUT2D eigenvalue weighted by molar-refractivity contribution is 0.0992. The molecule has 1 N–H and O–H groups in total. The van der Waals surface area contributed by atoms with Gasteiger partial charge in [0.2, 0.25) is 10.0 Å². The highest BCUT2D eigenvalue weighted by molar-refractivity contribution is 9.10. The molecule has 2 aromatic carbocycles. The standard InChI is InChI=1S/C19H16BrFN4O4S/c1-19(9-30(27,28)25(2)10-22-19)13-8-12(4-5-14(13)21)23-17(26)18-24-15-7-11(20)3-6-16(15)29-18/h3-8,10H,9H2,1-2H3,(H,23,26). The second-order valence-corrected chi connectivity index (χ2v) is 10.0. The van der Waals surface area contributed by atoms with Gasteiger partial charge in [-0.2, -0.15) is 0 Å². The van der Waals surface area contributed by atoms with Crippen LogP contribution in [0.3, 0.4) is 0 Å². The first kappa shape index (κ1) is 20.5. The van der Waals surface area contributed by atoms with Gasteiger partial charge in [0.05, 0.1) is 12.1 Å². The second kappa shape index (κ2) is 7.17. The summed E-state index contributed by atoms with van der Waals surface area (Å²) in [7, 11) is -2.26. The molecule has 1 aliphatic rings. The molecule has 0 bridgehead atoms. The van der Waals surface area contributed by atoms with Crippen molar-refractivity contribution in [2.45, 2.75) is 12.5 Å². The Kier molecular flexibility index (Phi) is 4.89. The lowest BCUT2D eigenvalue weighted by atomic mass is 9.93. The lowest BCUT2D eigenvalue weighted by Gasteiger charge is -2.32. The smallest absolute Gasteiger partial charge is 0.311 e. The van der Waals surface area contributed by atoms with E-state index < -0.39 is 33.0 Å². The first-order chi connectivity index (χ1) is 14.1. The Morgan fingerprint density at radius 1 is 1.30 bits per heavy atom. The number of anilines is 1. The van der Waals surface area contributed by atoms with E-state index in [4.69, 9.17) is 4.42 Å². The monoisotopic (exact) mass is 494 g/mol. The molecule has 156 valence electrons. The van der Waals surface area contributed by atoms with Gasteiger partial charge in [0.1, 0.15) is 16.9 Å². The van der Waals surface area contributed by atoms with Crippen molar-refractivity contribution in [2.75, 3.05) is 18.1 Å². The molecule has 3 aromatic rings. The van der Waals surface area contributed by atoms with Crippen molar-refractivity contribution < 1.29 is 22.0 Å². The zero-order chi connectivity index (χ0) is 21.7. The first-order valence-electron chi connectivity index (χ1n) is 8.76. The van der Waals surface area contributed by atoms with Crippen LogP contribution < -0.4 is 5.32 Å². The third-order valence-corrected chi connectivity index (χ3v) is 7.15. The van der Waals surface area contributed by atoms with E-state index in [1.165, 1.54) is 26.1 Å². The van der Waals surface area contributed by atoms with Gasteiger partial charge in [-0.15, -0.1) is 0 Å². The van der Waals surface area contributed by atoms with Gasteiger partial charge in [-0.25, -0.2) is 17.8 Å². The van der Waals surface area contributed by atoms with Gasteiger partial charge in [0.25, 0.3) is 5.89 Å². The second-order valence-electron chi connectivity index (χ2n) is 7.07. The molecule has 0 fully saturated rings. The van der Waals surface area contributed by atoms with Crippen molar-refractivity contribution in [3.05, 3.63) is 58.1 Å². The number of nitrogens with zero attached hydrogens (tertiary/aromatic N) is 3. The van der Waals surface area contributed by atoms with Gasteiger partial charge in [-0.05, 0) is 43.3 Å². The molecular weight excluding hydrogens is 479 g/mol. The molecular formula is C19H16BrFN4O4S. The van der Waals surface area contributed by atoms with Gasteiger partial charge in [-0.3, -0.25) is 14.1 Å². The number of carbonyl (C=O) groups excluding carboxylic acids is 1. The fraction of sp³-hybridized carbons (Fsp3) is 0.211. The number of oxazole rings is 1. The number of carbonyl (C=O) groups is 1. The molecule has 0 aliphatic carbocycles. The molecule has 0 spiro atoms. The Bertz CT molecular complexity index is 1310. The van der Waals surface area contributed by atoms with Crippen molar-refractivity contribution in [3.8, 4) is 0 Å². The third kappa shape index (κ3) is 3.70. The molecule has 0 radical (unpaired) electrons. The number of fused-ring (bicyclic) bond motifs is 1. The minimum absolute atomic E-state index is 0.0507. The Morgan fingerprint density at radius 2 is 2.07 bits per heavy atom. The molecule has 1 unspecified atom stereocenters. The average Bonchev–Trinajstić information content (AvgIpc) is 3.09. The maximum Gasteiger partial charge on any atom is 0.311 e. The van der Waals surface area contributed by atoms with E-state index in [0.29, 0.717) is 11.1 Å². The molecule has 1 atom stereocenters. The normalized spacial score (nSPS) is 20.5. The number of rotatable bonds is 3. The number of hydrogen-bond donors (Lipinski definition) is 1. The summed E-state index contributed by atoms with van der Waals surface area (Å²) in [6.45, 7) is 1.52. The van der Waals surface area contributed by atoms with Crippen molar-refractivity contribution in [1.82, 2.24) is 9.29 Å². The quantitative estimate of drug-likeness (QED) is 0.599. The van der Waals surface area contributed by atoms with Gasteiger partial charge < -0.3 is 9.73 Å². The Morgan fingerprint density at radius 3 is 2.80 bits per heavy atom. The summed E-state index contributed by atoms with van der Waals surface area (Å²) < 4.78 is 46.3. The molecule has 30 heavy (non-hydrogen) atoms. The van der Waals surface area contributed by atoms with Crippen LogP contribution in [0, 0.1) is 5.82 Å². The van der Waals surface area contributed by atoms with Gasteiger partial charge >= 0.3 is 5.91 Å². The van der Waals surface area contributed by atoms with Crippen molar-refractivity contribution in [2.24, 2.45) is 4.99 Å². The van der Waals surface area contributed by atoms with Crippen LogP contribution in [-0.4, -0.2) is 42.8 Å². The maximum atomic E-state index is 14.6. The fourth-order valence-electron chi connectivity index (χ4n) is 3.12. The lowest BCUT2D eigenvalue weighted by Crippen LogP contribution is -2.43. The Hall–Kier alpha value is -2.79. The SMILES string of the molecule is CN1C=NC(C)(c2cc(NC(=O)c3nc4cc(Br)ccc4o3)ccc2F)CS1(=O)=O. The third-order valence-electron chi connectivity index (χ3n) is 4.76. The molecule has 1 amide bonds. The summed E-state index contributed by atoms with van der Waals surface area (Å²) >= 11 is 3.33. The number of amides is 1. The number of halogens is 2. The van der Waals surface area contributed by atoms with Crippen molar-refractivity contribution >= 4 is 55.0 Å². The van der Waals surface area contributed by atoms with Gasteiger partial charge in [0, 0.05) is 22.8 Å². The Balaban J connectivity index is 1.64. The minimum Gasteiger partial charge on any atom is -0.432 e. The van der Waals surface area contributed by atoms with E-state index in [1.54, 1.807) is 18.2 Å². The Labute approximate surface area is 180 Å². The molecule has 4 rings (SSSR count). The summed E-state index contributed by atoms with van der Waals surface area (Å²) in [4.78, 5) is 20.9. The van der Waals surface area contributed by atoms with Gasteiger partial charge in [0.15, 0.2) is 5.58 Å². The molecule has 11 heteroatoms. The van der Waals surface area contributed by atoms with Crippen molar-refractivity contribution in [1.29, 1.82) is 0 Å². The molecule has 2 heterocycles. The topological polar surface area (TPSA) is 105 Å². The predicted octanol–water partition coefficient (Wildman–Crippen LogP) is 3.50. The summed E-state index contributed by atoms with van der Waals surface area (Å²) in [6.07, 6.45) is 1.15. The van der Waals surface area contributed by atoms with E-state index in [0.717, 1.165) is 21.2 Å². The van der Waals surface area contributed by atoms with Crippen LogP contribution in [0.15, 0.2) is 50.3 Å². The number of sulfonamides is 1. The van der Waals surface area contributed by atoms with E-state index in [9.17, 15) is 17.6 Å². The van der Waals surface area contributed by atoms with E-state index >= 15 is 0 Å². The fourth-order valence-corrected chi connectivity index (χ4v) is 4.80. The van der Waals surface area contributed by atoms with Crippen LogP contribution in [0.25, 0.3) is 11.1 Å². The molecule has 1 aliphatic heterocycles. The van der Waals surface area contributed by atoms with Crippen LogP contribution >= 0.6 is 15.9 Å². The largest absolute Gasteiger partial charge is 0.432 e. The number of aliphatic imine (C=N–C) groups is 1. The number of aromatic nitrogens is 1. The zero-order valence-corrected chi connectivity index (χ0v) is 18.3. The first-order valence-corrected chi connectivity index (χ1v) is 11.2. The van der Waals surface area contributed by atoms with E-state index in [2.05, 4.69) is 31.2 Å². The molecule has 1 aromatic heterocycles. The summed E-state index contributed by atoms with van der Waals surface area (Å²) in [5, 5.41) is 2.60. The van der Waals surface area contributed by atoms with Crippen LogP contribution in [0.1, 0.15) is 23.2 Å². The van der Waals surface area contributed by atoms with Crippen LogP contribution in [0.5, 0.6) is 0 Å². The number of benzene rings is 2. The van der Waals surface area contributed by atoms with Crippen molar-refractivity contribution in [3.63, 3.8) is 0 Å². The summed E-state index contributed by atoms with van der Waals surface area (Å²) in [5.41, 5.74) is -0.0726. The highest BCUT2D eigenvalue weighted by atomic mass is 79.9. The summed E-state index contributed by atoms with van der Waals surface area (Å²) in [6, 6.07) is 9.04. The highest BCUT2D eigenvalue weighted by Gasteiger charge is 2.39. The van der Waals surface area contributed by atoms with E-state index in [1.807, 2.05) is 0 Å². The predicted molar refractivity (Wildman–Crippen MR) is 113 cm³/mol.